The van der Waals surface area contributed by atoms with Gasteiger partial charge in [-0.15, -0.1) is 0 Å². The minimum atomic E-state index is 0.771. The molecule has 2 saturated heterocycles. The van der Waals surface area contributed by atoms with E-state index in [1.54, 1.807) is 0 Å². The Hall–Kier alpha value is -0.120. The van der Waals surface area contributed by atoms with Crippen molar-refractivity contribution >= 4 is 0 Å². The summed E-state index contributed by atoms with van der Waals surface area (Å²) in [4.78, 5) is 5.34. The van der Waals surface area contributed by atoms with Gasteiger partial charge in [0.1, 0.15) is 0 Å². The summed E-state index contributed by atoms with van der Waals surface area (Å²) in [6.07, 6.45) is 3.96. The smallest absolute Gasteiger partial charge is 0.0223 e. The van der Waals surface area contributed by atoms with Gasteiger partial charge in [-0.1, -0.05) is 13.8 Å². The lowest BCUT2D eigenvalue weighted by molar-refractivity contribution is 0.0743. The van der Waals surface area contributed by atoms with Crippen LogP contribution in [0, 0.1) is 5.92 Å². The quantitative estimate of drug-likeness (QED) is 0.786. The fraction of sp³-hybridized carbons (Fsp3) is 1.00. The molecule has 3 unspecified atom stereocenters. The van der Waals surface area contributed by atoms with Gasteiger partial charge in [0, 0.05) is 25.2 Å². The molecule has 0 radical (unpaired) electrons. The second-order valence-corrected chi connectivity index (χ2v) is 5.95. The summed E-state index contributed by atoms with van der Waals surface area (Å²) in [6, 6.07) is 1.58. The Morgan fingerprint density at radius 2 is 2.12 bits per heavy atom. The molecule has 0 aliphatic carbocycles. The number of hydrogen-bond acceptors (Lipinski definition) is 3. The topological polar surface area (TPSA) is 18.5 Å². The molecule has 3 nitrogen and oxygen atoms in total. The second-order valence-electron chi connectivity index (χ2n) is 5.95. The van der Waals surface area contributed by atoms with Crippen LogP contribution in [0.5, 0.6) is 0 Å². The third kappa shape index (κ3) is 3.21. The molecule has 2 fully saturated rings. The Labute approximate surface area is 107 Å². The molecule has 0 aromatic heterocycles. The largest absolute Gasteiger partial charge is 0.316 e. The molecule has 0 spiro atoms. The Morgan fingerprint density at radius 1 is 1.29 bits per heavy atom. The summed E-state index contributed by atoms with van der Waals surface area (Å²) in [5.74, 6) is 0.807. The average Bonchev–Trinajstić information content (AvgIpc) is 2.51. The van der Waals surface area contributed by atoms with E-state index in [0.717, 1.165) is 18.0 Å². The van der Waals surface area contributed by atoms with Gasteiger partial charge in [-0.05, 0) is 51.9 Å². The van der Waals surface area contributed by atoms with Crippen LogP contribution < -0.4 is 5.32 Å². The van der Waals surface area contributed by atoms with E-state index in [2.05, 4.69) is 36.0 Å². The van der Waals surface area contributed by atoms with E-state index in [-0.39, 0.29) is 0 Å². The lowest BCUT2D eigenvalue weighted by atomic mass is 9.92. The van der Waals surface area contributed by atoms with Gasteiger partial charge in [-0.2, -0.15) is 0 Å². The van der Waals surface area contributed by atoms with E-state index in [1.807, 2.05) is 0 Å². The third-order valence-electron chi connectivity index (χ3n) is 4.58. The van der Waals surface area contributed by atoms with Gasteiger partial charge in [-0.25, -0.2) is 0 Å². The normalized spacial score (nSPS) is 37.9. The summed E-state index contributed by atoms with van der Waals surface area (Å²) < 4.78 is 0. The summed E-state index contributed by atoms with van der Waals surface area (Å²) in [5.41, 5.74) is 0. The molecule has 0 saturated carbocycles. The monoisotopic (exact) mass is 239 g/mol. The van der Waals surface area contributed by atoms with Crippen molar-refractivity contribution in [3.63, 3.8) is 0 Å². The van der Waals surface area contributed by atoms with E-state index < -0.39 is 0 Å². The van der Waals surface area contributed by atoms with Gasteiger partial charge in [-0.3, -0.25) is 4.90 Å². The Bertz CT molecular complexity index is 232. The zero-order valence-corrected chi connectivity index (χ0v) is 11.8. The van der Waals surface area contributed by atoms with E-state index >= 15 is 0 Å². The highest BCUT2D eigenvalue weighted by Crippen LogP contribution is 2.23. The molecule has 0 bridgehead atoms. The van der Waals surface area contributed by atoms with Gasteiger partial charge in [0.05, 0.1) is 0 Å². The summed E-state index contributed by atoms with van der Waals surface area (Å²) >= 11 is 0. The van der Waals surface area contributed by atoms with Crippen molar-refractivity contribution in [1.82, 2.24) is 15.1 Å². The minimum absolute atomic E-state index is 0.771. The van der Waals surface area contributed by atoms with E-state index in [9.17, 15) is 0 Å². The highest BCUT2D eigenvalue weighted by Gasteiger charge is 2.32. The van der Waals surface area contributed by atoms with Crippen LogP contribution in [0.15, 0.2) is 0 Å². The van der Waals surface area contributed by atoms with Gasteiger partial charge in [0.25, 0.3) is 0 Å². The van der Waals surface area contributed by atoms with E-state index in [1.165, 1.54) is 52.0 Å². The first kappa shape index (κ1) is 13.3. The molecule has 2 heterocycles. The maximum absolute atomic E-state index is 3.52. The number of nitrogens with zero attached hydrogens (tertiary/aromatic N) is 2. The third-order valence-corrected chi connectivity index (χ3v) is 4.58. The molecular weight excluding hydrogens is 210 g/mol. The molecule has 0 aromatic carbocycles. The van der Waals surface area contributed by atoms with Crippen LogP contribution in [0.1, 0.15) is 33.1 Å². The second kappa shape index (κ2) is 6.17. The van der Waals surface area contributed by atoms with Crippen molar-refractivity contribution in [2.75, 3.05) is 39.8 Å². The SMILES string of the molecule is CCC1CN(C)CCCN1C1CCNCC1C. The van der Waals surface area contributed by atoms with Crippen LogP contribution in [0.2, 0.25) is 0 Å². The number of piperidine rings is 1. The lowest BCUT2D eigenvalue weighted by Gasteiger charge is -2.42. The highest BCUT2D eigenvalue weighted by molar-refractivity contribution is 4.89. The molecule has 3 atom stereocenters. The predicted octanol–water partition coefficient (Wildman–Crippen LogP) is 1.40. The van der Waals surface area contributed by atoms with Crippen molar-refractivity contribution in [3.8, 4) is 0 Å². The Kier molecular flexibility index (Phi) is 4.83. The fourth-order valence-corrected chi connectivity index (χ4v) is 3.55. The van der Waals surface area contributed by atoms with Gasteiger partial charge < -0.3 is 10.2 Å². The number of nitrogens with one attached hydrogen (secondary N) is 1. The molecule has 0 aromatic rings. The van der Waals surface area contributed by atoms with Crippen LogP contribution in [-0.2, 0) is 0 Å². The molecule has 17 heavy (non-hydrogen) atoms. The summed E-state index contributed by atoms with van der Waals surface area (Å²) in [6.45, 7) is 11.0. The average molecular weight is 239 g/mol. The molecular formula is C14H29N3. The number of likely N-dealkylation sites (N-methyl/N-ethyl adjacent to an activating group) is 1. The first-order valence-electron chi connectivity index (χ1n) is 7.37. The molecule has 2 rings (SSSR count). The van der Waals surface area contributed by atoms with E-state index in [4.69, 9.17) is 0 Å². The Balaban J connectivity index is 2.04. The molecule has 2 aliphatic rings. The van der Waals surface area contributed by atoms with Crippen LogP contribution in [0.4, 0.5) is 0 Å². The zero-order valence-electron chi connectivity index (χ0n) is 11.8. The molecule has 3 heteroatoms. The first-order valence-corrected chi connectivity index (χ1v) is 7.37. The van der Waals surface area contributed by atoms with Crippen molar-refractivity contribution in [2.24, 2.45) is 5.92 Å². The van der Waals surface area contributed by atoms with Crippen LogP contribution in [0.25, 0.3) is 0 Å². The number of hydrogen-bond donors (Lipinski definition) is 1. The van der Waals surface area contributed by atoms with Crippen molar-refractivity contribution < 1.29 is 0 Å². The van der Waals surface area contributed by atoms with E-state index in [0.29, 0.717) is 0 Å². The number of rotatable bonds is 2. The molecule has 1 N–H and O–H groups in total. The van der Waals surface area contributed by atoms with Crippen LogP contribution in [0.3, 0.4) is 0 Å². The van der Waals surface area contributed by atoms with Crippen molar-refractivity contribution in [3.05, 3.63) is 0 Å². The van der Waals surface area contributed by atoms with Gasteiger partial charge in [0.2, 0.25) is 0 Å². The first-order chi connectivity index (χ1) is 8.22. The summed E-state index contributed by atoms with van der Waals surface area (Å²) in [5, 5.41) is 3.52. The Morgan fingerprint density at radius 3 is 2.82 bits per heavy atom. The van der Waals surface area contributed by atoms with Gasteiger partial charge >= 0.3 is 0 Å². The highest BCUT2D eigenvalue weighted by atomic mass is 15.3. The van der Waals surface area contributed by atoms with Crippen LogP contribution >= 0.6 is 0 Å². The van der Waals surface area contributed by atoms with Crippen molar-refractivity contribution in [1.29, 1.82) is 0 Å². The maximum Gasteiger partial charge on any atom is 0.0223 e. The standard InChI is InChI=1S/C14H29N3/c1-4-13-11-16(3)8-5-9-17(13)14-6-7-15-10-12(14)2/h12-15H,4-11H2,1-3H3. The maximum atomic E-state index is 3.52. The lowest BCUT2D eigenvalue weighted by Crippen LogP contribution is -2.53. The molecule has 0 amide bonds. The molecule has 100 valence electrons. The fourth-order valence-electron chi connectivity index (χ4n) is 3.55. The minimum Gasteiger partial charge on any atom is -0.316 e. The predicted molar refractivity (Wildman–Crippen MR) is 73.3 cm³/mol. The molecule has 2 aliphatic heterocycles. The van der Waals surface area contributed by atoms with Gasteiger partial charge in [0.15, 0.2) is 0 Å². The van der Waals surface area contributed by atoms with Crippen molar-refractivity contribution in [2.45, 2.75) is 45.2 Å². The summed E-state index contributed by atoms with van der Waals surface area (Å²) in [7, 11) is 2.28. The van der Waals surface area contributed by atoms with Crippen LogP contribution in [-0.4, -0.2) is 61.7 Å². The zero-order chi connectivity index (χ0) is 12.3.